The van der Waals surface area contributed by atoms with Crippen LogP contribution in [-0.4, -0.2) is 19.5 Å². The summed E-state index contributed by atoms with van der Waals surface area (Å²) < 4.78 is 46.5. The molecule has 0 spiro atoms. The van der Waals surface area contributed by atoms with Crippen molar-refractivity contribution in [2.45, 2.75) is 11.8 Å². The predicted octanol–water partition coefficient (Wildman–Crippen LogP) is 1.49. The van der Waals surface area contributed by atoms with Crippen LogP contribution in [0.4, 0.5) is 8.28 Å². The summed E-state index contributed by atoms with van der Waals surface area (Å²) in [7, 11) is -5.12. The van der Waals surface area contributed by atoms with E-state index in [0.717, 1.165) is 6.92 Å². The molecule has 0 aliphatic carbocycles. The van der Waals surface area contributed by atoms with Gasteiger partial charge in [0.15, 0.2) is 0 Å². The van der Waals surface area contributed by atoms with E-state index in [1.807, 2.05) is 0 Å². The van der Waals surface area contributed by atoms with Crippen molar-refractivity contribution in [2.24, 2.45) is 0 Å². The van der Waals surface area contributed by atoms with Crippen LogP contribution < -0.4 is 0 Å². The second-order valence-corrected chi connectivity index (χ2v) is 4.14. The van der Waals surface area contributed by atoms with Gasteiger partial charge in [-0.05, 0) is 24.6 Å². The number of carboxylic acids is 1. The standard InChI is InChI=1S/C8H6F2O4S/c1-4-6(8(11)12)2-5(9)3-7(4)15(10,13)14/h2-3H,1H3,(H,11,12). The van der Waals surface area contributed by atoms with Gasteiger partial charge in [-0.3, -0.25) is 0 Å². The average molecular weight is 236 g/mol. The summed E-state index contributed by atoms with van der Waals surface area (Å²) in [5.74, 6) is -2.63. The molecule has 0 bridgehead atoms. The number of benzene rings is 1. The lowest BCUT2D eigenvalue weighted by atomic mass is 10.1. The summed E-state index contributed by atoms with van der Waals surface area (Å²) >= 11 is 0. The van der Waals surface area contributed by atoms with Crippen LogP contribution in [0.3, 0.4) is 0 Å². The number of hydrogen-bond donors (Lipinski definition) is 1. The molecular weight excluding hydrogens is 230 g/mol. The summed E-state index contributed by atoms with van der Waals surface area (Å²) in [6.45, 7) is 1.09. The monoisotopic (exact) mass is 236 g/mol. The number of carbonyl (C=O) groups is 1. The van der Waals surface area contributed by atoms with E-state index in [-0.39, 0.29) is 5.56 Å². The van der Waals surface area contributed by atoms with Gasteiger partial charge in [0.05, 0.1) is 5.56 Å². The van der Waals surface area contributed by atoms with Crippen molar-refractivity contribution in [3.63, 3.8) is 0 Å². The molecule has 0 amide bonds. The van der Waals surface area contributed by atoms with Gasteiger partial charge in [0.25, 0.3) is 0 Å². The molecule has 1 aromatic carbocycles. The van der Waals surface area contributed by atoms with E-state index >= 15 is 0 Å². The van der Waals surface area contributed by atoms with Gasteiger partial charge >= 0.3 is 16.2 Å². The summed E-state index contributed by atoms with van der Waals surface area (Å²) in [4.78, 5) is 9.61. The molecule has 0 aromatic heterocycles. The summed E-state index contributed by atoms with van der Waals surface area (Å²) in [6.07, 6.45) is 0. The van der Waals surface area contributed by atoms with Crippen molar-refractivity contribution in [2.75, 3.05) is 0 Å². The maximum absolute atomic E-state index is 12.8. The first-order valence-corrected chi connectivity index (χ1v) is 5.10. The van der Waals surface area contributed by atoms with Crippen molar-refractivity contribution in [3.8, 4) is 0 Å². The Morgan fingerprint density at radius 1 is 1.40 bits per heavy atom. The Kier molecular flexibility index (Phi) is 2.76. The highest BCUT2D eigenvalue weighted by Gasteiger charge is 2.21. The van der Waals surface area contributed by atoms with Crippen LogP contribution in [0.15, 0.2) is 17.0 Å². The predicted molar refractivity (Wildman–Crippen MR) is 46.4 cm³/mol. The second kappa shape index (κ2) is 3.58. The van der Waals surface area contributed by atoms with Gasteiger partial charge < -0.3 is 5.11 Å². The summed E-state index contributed by atoms with van der Waals surface area (Å²) in [6, 6.07) is 1.07. The molecular formula is C8H6F2O4S. The molecule has 1 N–H and O–H groups in total. The van der Waals surface area contributed by atoms with E-state index in [1.54, 1.807) is 0 Å². The third-order valence-corrected chi connectivity index (χ3v) is 2.77. The third kappa shape index (κ3) is 2.30. The van der Waals surface area contributed by atoms with Crippen molar-refractivity contribution < 1.29 is 26.6 Å². The van der Waals surface area contributed by atoms with E-state index in [4.69, 9.17) is 5.11 Å². The van der Waals surface area contributed by atoms with E-state index in [1.165, 1.54) is 0 Å². The van der Waals surface area contributed by atoms with Crippen LogP contribution in [0.1, 0.15) is 15.9 Å². The molecule has 1 rings (SSSR count). The van der Waals surface area contributed by atoms with E-state index in [2.05, 4.69) is 0 Å². The van der Waals surface area contributed by atoms with Crippen LogP contribution in [-0.2, 0) is 10.2 Å². The van der Waals surface area contributed by atoms with Gasteiger partial charge in [-0.1, -0.05) is 0 Å². The van der Waals surface area contributed by atoms with Gasteiger partial charge in [-0.15, -0.1) is 3.89 Å². The highest BCUT2D eigenvalue weighted by molar-refractivity contribution is 7.86. The second-order valence-electron chi connectivity index (χ2n) is 2.82. The molecule has 0 fully saturated rings. The molecule has 15 heavy (non-hydrogen) atoms. The van der Waals surface area contributed by atoms with E-state index in [9.17, 15) is 21.5 Å². The van der Waals surface area contributed by atoms with Crippen LogP contribution in [0.25, 0.3) is 0 Å². The molecule has 7 heteroatoms. The zero-order valence-electron chi connectivity index (χ0n) is 7.49. The van der Waals surface area contributed by atoms with Crippen molar-refractivity contribution in [1.29, 1.82) is 0 Å². The highest BCUT2D eigenvalue weighted by atomic mass is 32.3. The lowest BCUT2D eigenvalue weighted by Crippen LogP contribution is -2.06. The van der Waals surface area contributed by atoms with Crippen molar-refractivity contribution >= 4 is 16.2 Å². The number of aromatic carboxylic acids is 1. The number of carboxylic acid groups (broad SMARTS) is 1. The fourth-order valence-electron chi connectivity index (χ4n) is 1.13. The molecule has 0 unspecified atom stereocenters. The third-order valence-electron chi connectivity index (χ3n) is 1.82. The largest absolute Gasteiger partial charge is 0.478 e. The molecule has 0 aliphatic rings. The number of hydrogen-bond acceptors (Lipinski definition) is 3. The molecule has 0 saturated heterocycles. The minimum Gasteiger partial charge on any atom is -0.478 e. The topological polar surface area (TPSA) is 71.4 Å². The fourth-order valence-corrected chi connectivity index (χ4v) is 1.86. The number of rotatable bonds is 2. The lowest BCUT2D eigenvalue weighted by molar-refractivity contribution is 0.0695. The molecule has 82 valence electrons. The quantitative estimate of drug-likeness (QED) is 0.789. The Balaban J connectivity index is 3.63. The Morgan fingerprint density at radius 2 is 1.93 bits per heavy atom. The van der Waals surface area contributed by atoms with Gasteiger partial charge in [0.1, 0.15) is 10.7 Å². The molecule has 0 saturated carbocycles. The maximum atomic E-state index is 12.8. The van der Waals surface area contributed by atoms with Gasteiger partial charge in [-0.2, -0.15) is 8.42 Å². The van der Waals surface area contributed by atoms with Crippen molar-refractivity contribution in [3.05, 3.63) is 29.1 Å². The smallest absolute Gasteiger partial charge is 0.336 e. The van der Waals surface area contributed by atoms with Gasteiger partial charge in [0.2, 0.25) is 0 Å². The van der Waals surface area contributed by atoms with E-state index < -0.39 is 32.5 Å². The molecule has 0 radical (unpaired) electrons. The van der Waals surface area contributed by atoms with Gasteiger partial charge in [0, 0.05) is 0 Å². The Morgan fingerprint density at radius 3 is 2.33 bits per heavy atom. The SMILES string of the molecule is Cc1c(C(=O)O)cc(F)cc1S(=O)(=O)F. The van der Waals surface area contributed by atoms with E-state index in [0.29, 0.717) is 12.1 Å². The first-order chi connectivity index (χ1) is 6.73. The lowest BCUT2D eigenvalue weighted by Gasteiger charge is -2.05. The van der Waals surface area contributed by atoms with Crippen LogP contribution in [0.5, 0.6) is 0 Å². The highest BCUT2D eigenvalue weighted by Crippen LogP contribution is 2.22. The Bertz CT molecular complexity index is 522. The first-order valence-electron chi connectivity index (χ1n) is 3.71. The van der Waals surface area contributed by atoms with Crippen LogP contribution >= 0.6 is 0 Å². The molecule has 4 nitrogen and oxygen atoms in total. The normalized spacial score (nSPS) is 11.4. The fraction of sp³-hybridized carbons (Fsp3) is 0.125. The van der Waals surface area contributed by atoms with Gasteiger partial charge in [-0.25, -0.2) is 9.18 Å². The zero-order chi connectivity index (χ0) is 11.8. The Labute approximate surface area is 84.4 Å². The molecule has 0 heterocycles. The minimum absolute atomic E-state index is 0.327. The first kappa shape index (κ1) is 11.6. The number of halogens is 2. The maximum Gasteiger partial charge on any atom is 0.336 e. The van der Waals surface area contributed by atoms with Crippen molar-refractivity contribution in [1.82, 2.24) is 0 Å². The minimum atomic E-state index is -5.12. The van der Waals surface area contributed by atoms with Crippen LogP contribution in [0, 0.1) is 12.7 Å². The molecule has 0 aliphatic heterocycles. The van der Waals surface area contributed by atoms with Crippen LogP contribution in [0.2, 0.25) is 0 Å². The Hall–Kier alpha value is -1.50. The molecule has 0 atom stereocenters. The summed E-state index contributed by atoms with van der Waals surface area (Å²) in [5, 5.41) is 8.60. The average Bonchev–Trinajstić information content (AvgIpc) is 2.06. The zero-order valence-corrected chi connectivity index (χ0v) is 8.31. The summed E-state index contributed by atoms with van der Waals surface area (Å²) in [5.41, 5.74) is -0.905. The molecule has 1 aromatic rings.